The number of nitrogens with one attached hydrogen (secondary N) is 1. The summed E-state index contributed by atoms with van der Waals surface area (Å²) in [5, 5.41) is 11.9. The molecule has 2 N–H and O–H groups in total. The molecule has 20 heavy (non-hydrogen) atoms. The van der Waals surface area contributed by atoms with Crippen LogP contribution in [-0.4, -0.2) is 52.6 Å². The van der Waals surface area contributed by atoms with Crippen molar-refractivity contribution in [3.63, 3.8) is 0 Å². The van der Waals surface area contributed by atoms with Crippen LogP contribution in [0, 0.1) is 0 Å². The second kappa shape index (κ2) is 7.79. The van der Waals surface area contributed by atoms with Gasteiger partial charge in [-0.05, 0) is 13.3 Å². The molecule has 0 aliphatic rings. The molecule has 0 saturated heterocycles. The van der Waals surface area contributed by atoms with E-state index in [9.17, 15) is 4.79 Å². The van der Waals surface area contributed by atoms with E-state index in [0.29, 0.717) is 36.7 Å². The summed E-state index contributed by atoms with van der Waals surface area (Å²) in [5.41, 5.74) is 1.02. The normalized spacial score (nSPS) is 10.7. The minimum atomic E-state index is -0.130. The number of nitrogens with zero attached hydrogens (tertiary/aromatic N) is 3. The maximum atomic E-state index is 12.6. The van der Waals surface area contributed by atoms with Gasteiger partial charge in [0.05, 0.1) is 11.9 Å². The highest BCUT2D eigenvalue weighted by Gasteiger charge is 2.20. The number of aliphatic hydroxyl groups excluding tert-OH is 1. The SMILES string of the molecule is CCN(CCCO)C(=O)c1nc(C(C)C)ncc1NC. The first-order valence-corrected chi connectivity index (χ1v) is 6.99. The number of amides is 1. The first-order valence-electron chi connectivity index (χ1n) is 6.99. The van der Waals surface area contributed by atoms with Gasteiger partial charge in [-0.3, -0.25) is 4.79 Å². The van der Waals surface area contributed by atoms with E-state index in [1.165, 1.54) is 0 Å². The number of hydrogen-bond donors (Lipinski definition) is 2. The fraction of sp³-hybridized carbons (Fsp3) is 0.643. The average Bonchev–Trinajstić information content (AvgIpc) is 2.46. The van der Waals surface area contributed by atoms with Crippen LogP contribution in [0.3, 0.4) is 0 Å². The Labute approximate surface area is 120 Å². The molecule has 0 aliphatic carbocycles. The Balaban J connectivity index is 3.07. The van der Waals surface area contributed by atoms with Crippen LogP contribution in [0.5, 0.6) is 0 Å². The van der Waals surface area contributed by atoms with Crippen LogP contribution in [0.1, 0.15) is 49.4 Å². The molecule has 0 atom stereocenters. The van der Waals surface area contributed by atoms with Gasteiger partial charge >= 0.3 is 0 Å². The lowest BCUT2D eigenvalue weighted by Crippen LogP contribution is -2.33. The van der Waals surface area contributed by atoms with Crippen LogP contribution in [0.25, 0.3) is 0 Å². The van der Waals surface area contributed by atoms with Gasteiger partial charge in [0.2, 0.25) is 0 Å². The lowest BCUT2D eigenvalue weighted by molar-refractivity contribution is 0.0749. The molecular formula is C14H24N4O2. The van der Waals surface area contributed by atoms with E-state index in [-0.39, 0.29) is 18.4 Å². The third kappa shape index (κ3) is 3.90. The Hall–Kier alpha value is -1.69. The summed E-state index contributed by atoms with van der Waals surface area (Å²) < 4.78 is 0. The molecule has 1 aromatic heterocycles. The van der Waals surface area contributed by atoms with Gasteiger partial charge in [-0.2, -0.15) is 0 Å². The molecule has 112 valence electrons. The van der Waals surface area contributed by atoms with Gasteiger partial charge in [-0.15, -0.1) is 0 Å². The van der Waals surface area contributed by atoms with Crippen molar-refractivity contribution in [3.05, 3.63) is 17.7 Å². The Morgan fingerprint density at radius 3 is 2.70 bits per heavy atom. The molecule has 6 heteroatoms. The molecule has 0 radical (unpaired) electrons. The minimum absolute atomic E-state index is 0.0731. The summed E-state index contributed by atoms with van der Waals surface area (Å²) in [5.74, 6) is 0.695. The third-order valence-electron chi connectivity index (χ3n) is 3.05. The van der Waals surface area contributed by atoms with Crippen LogP contribution in [0.2, 0.25) is 0 Å². The standard InChI is InChI=1S/C14H24N4O2/c1-5-18(7-6-8-19)14(20)12-11(15-4)9-16-13(17-12)10(2)3/h9-10,15,19H,5-8H2,1-4H3. The Morgan fingerprint density at radius 1 is 1.50 bits per heavy atom. The predicted octanol–water partition coefficient (Wildman–Crippen LogP) is 1.49. The monoisotopic (exact) mass is 280 g/mol. The lowest BCUT2D eigenvalue weighted by Gasteiger charge is -2.21. The zero-order valence-electron chi connectivity index (χ0n) is 12.7. The summed E-state index contributed by atoms with van der Waals surface area (Å²) in [7, 11) is 1.74. The van der Waals surface area contributed by atoms with Gasteiger partial charge in [-0.1, -0.05) is 13.8 Å². The van der Waals surface area contributed by atoms with E-state index in [4.69, 9.17) is 5.11 Å². The number of rotatable bonds is 7. The second-order valence-electron chi connectivity index (χ2n) is 4.86. The highest BCUT2D eigenvalue weighted by molar-refractivity contribution is 5.97. The van der Waals surface area contributed by atoms with Crippen molar-refractivity contribution >= 4 is 11.6 Å². The lowest BCUT2D eigenvalue weighted by atomic mass is 10.2. The Bertz CT molecular complexity index is 449. The Kier molecular flexibility index (Phi) is 6.38. The number of aromatic nitrogens is 2. The van der Waals surface area contributed by atoms with Gasteiger partial charge in [0.25, 0.3) is 5.91 Å². The number of carbonyl (C=O) groups is 1. The highest BCUT2D eigenvalue weighted by Crippen LogP contribution is 2.17. The van der Waals surface area contributed by atoms with Crippen LogP contribution < -0.4 is 5.32 Å². The average molecular weight is 280 g/mol. The summed E-state index contributed by atoms with van der Waals surface area (Å²) in [6.07, 6.45) is 2.21. The van der Waals surface area contributed by atoms with E-state index >= 15 is 0 Å². The Morgan fingerprint density at radius 2 is 2.20 bits per heavy atom. The van der Waals surface area contributed by atoms with Crippen molar-refractivity contribution in [2.75, 3.05) is 32.1 Å². The van der Waals surface area contributed by atoms with E-state index in [1.54, 1.807) is 18.1 Å². The van der Waals surface area contributed by atoms with Gasteiger partial charge in [-0.25, -0.2) is 9.97 Å². The fourth-order valence-electron chi connectivity index (χ4n) is 1.83. The summed E-state index contributed by atoms with van der Waals surface area (Å²) >= 11 is 0. The topological polar surface area (TPSA) is 78.3 Å². The van der Waals surface area contributed by atoms with Gasteiger partial charge in [0.1, 0.15) is 5.82 Å². The number of carbonyl (C=O) groups excluding carboxylic acids is 1. The zero-order valence-corrected chi connectivity index (χ0v) is 12.7. The number of hydrogen-bond acceptors (Lipinski definition) is 5. The van der Waals surface area contributed by atoms with Crippen molar-refractivity contribution in [3.8, 4) is 0 Å². The van der Waals surface area contributed by atoms with E-state index < -0.39 is 0 Å². The summed E-state index contributed by atoms with van der Waals surface area (Å²) in [6, 6.07) is 0. The fourth-order valence-corrected chi connectivity index (χ4v) is 1.83. The van der Waals surface area contributed by atoms with E-state index in [2.05, 4.69) is 15.3 Å². The number of anilines is 1. The van der Waals surface area contributed by atoms with Gasteiger partial charge in [0.15, 0.2) is 5.69 Å². The van der Waals surface area contributed by atoms with Crippen LogP contribution in [0.15, 0.2) is 6.20 Å². The molecule has 1 aromatic rings. The quantitative estimate of drug-likeness (QED) is 0.791. The first-order chi connectivity index (χ1) is 9.54. The van der Waals surface area contributed by atoms with Crippen molar-refractivity contribution in [1.82, 2.24) is 14.9 Å². The first kappa shape index (κ1) is 16.4. The molecule has 0 aromatic carbocycles. The molecule has 6 nitrogen and oxygen atoms in total. The summed E-state index contributed by atoms with van der Waals surface area (Å²) in [6.45, 7) is 7.08. The molecule has 0 spiro atoms. The molecular weight excluding hydrogens is 256 g/mol. The third-order valence-corrected chi connectivity index (χ3v) is 3.05. The van der Waals surface area contributed by atoms with Crippen LogP contribution in [-0.2, 0) is 0 Å². The smallest absolute Gasteiger partial charge is 0.274 e. The highest BCUT2D eigenvalue weighted by atomic mass is 16.3. The molecule has 1 rings (SSSR count). The summed E-state index contributed by atoms with van der Waals surface area (Å²) in [4.78, 5) is 22.9. The van der Waals surface area contributed by atoms with Crippen LogP contribution >= 0.6 is 0 Å². The van der Waals surface area contributed by atoms with Gasteiger partial charge in [0, 0.05) is 32.7 Å². The zero-order chi connectivity index (χ0) is 15.1. The predicted molar refractivity (Wildman–Crippen MR) is 78.9 cm³/mol. The van der Waals surface area contributed by atoms with E-state index in [1.807, 2.05) is 20.8 Å². The molecule has 1 heterocycles. The maximum Gasteiger partial charge on any atom is 0.274 e. The number of aliphatic hydroxyl groups is 1. The molecule has 0 saturated carbocycles. The molecule has 0 bridgehead atoms. The van der Waals surface area contributed by atoms with Crippen molar-refractivity contribution < 1.29 is 9.90 Å². The second-order valence-corrected chi connectivity index (χ2v) is 4.86. The minimum Gasteiger partial charge on any atom is -0.396 e. The van der Waals surface area contributed by atoms with Crippen LogP contribution in [0.4, 0.5) is 5.69 Å². The maximum absolute atomic E-state index is 12.6. The molecule has 0 aliphatic heterocycles. The molecule has 1 amide bonds. The largest absolute Gasteiger partial charge is 0.396 e. The van der Waals surface area contributed by atoms with Crippen molar-refractivity contribution in [1.29, 1.82) is 0 Å². The van der Waals surface area contributed by atoms with Gasteiger partial charge < -0.3 is 15.3 Å². The molecule has 0 fully saturated rings. The van der Waals surface area contributed by atoms with Crippen molar-refractivity contribution in [2.24, 2.45) is 0 Å². The molecule has 0 unspecified atom stereocenters. The van der Waals surface area contributed by atoms with E-state index in [0.717, 1.165) is 0 Å². The van der Waals surface area contributed by atoms with Crippen molar-refractivity contribution in [2.45, 2.75) is 33.1 Å².